The molecule has 3 nitrogen and oxygen atoms in total. The lowest BCUT2D eigenvalue weighted by atomic mass is 10.1. The predicted molar refractivity (Wildman–Crippen MR) is 92.0 cm³/mol. The third-order valence-electron chi connectivity index (χ3n) is 3.32. The number of thiazole rings is 1. The second kappa shape index (κ2) is 6.85. The zero-order valence-electron chi connectivity index (χ0n) is 12.5. The van der Waals surface area contributed by atoms with Crippen molar-refractivity contribution < 1.29 is 18.0 Å². The van der Waals surface area contributed by atoms with E-state index in [1.54, 1.807) is 29.6 Å². The van der Waals surface area contributed by atoms with Crippen LogP contribution in [0.3, 0.4) is 0 Å². The van der Waals surface area contributed by atoms with Crippen LogP contribution in [0, 0.1) is 0 Å². The molecule has 128 valence electrons. The first-order valence-electron chi connectivity index (χ1n) is 7.03. The van der Waals surface area contributed by atoms with Gasteiger partial charge in [-0.25, -0.2) is 4.98 Å². The molecule has 0 saturated heterocycles. The fraction of sp³-hybridized carbons (Fsp3) is 0.0588. The highest BCUT2D eigenvalue weighted by molar-refractivity contribution is 7.14. The fourth-order valence-corrected chi connectivity index (χ4v) is 2.93. The average molecular weight is 383 g/mol. The van der Waals surface area contributed by atoms with Gasteiger partial charge in [-0.05, 0) is 36.4 Å². The Morgan fingerprint density at radius 1 is 1.12 bits per heavy atom. The van der Waals surface area contributed by atoms with Crippen LogP contribution in [-0.2, 0) is 6.18 Å². The SMILES string of the molecule is O=C(Nc1nc(-c2cccc(C(F)(F)F)c2)cs1)c1ccc(Cl)cc1. The molecule has 0 fully saturated rings. The average Bonchev–Trinajstić information content (AvgIpc) is 3.03. The molecule has 3 rings (SSSR count). The first kappa shape index (κ1) is 17.4. The van der Waals surface area contributed by atoms with Crippen LogP contribution < -0.4 is 5.32 Å². The molecule has 3 aromatic rings. The number of halogens is 4. The van der Waals surface area contributed by atoms with Crippen LogP contribution in [0.15, 0.2) is 53.9 Å². The number of hydrogen-bond acceptors (Lipinski definition) is 3. The van der Waals surface area contributed by atoms with Crippen LogP contribution in [0.25, 0.3) is 11.3 Å². The summed E-state index contributed by atoms with van der Waals surface area (Å²) in [5, 5.41) is 5.02. The van der Waals surface area contributed by atoms with Gasteiger partial charge in [-0.15, -0.1) is 11.3 Å². The van der Waals surface area contributed by atoms with Crippen molar-refractivity contribution in [2.45, 2.75) is 6.18 Å². The summed E-state index contributed by atoms with van der Waals surface area (Å²) in [5.41, 5.74) is 0.352. The van der Waals surface area contributed by atoms with E-state index in [1.165, 1.54) is 12.1 Å². The van der Waals surface area contributed by atoms with Crippen molar-refractivity contribution in [3.63, 3.8) is 0 Å². The maximum absolute atomic E-state index is 12.8. The molecule has 0 aliphatic rings. The molecule has 0 unspecified atom stereocenters. The van der Waals surface area contributed by atoms with Crippen LogP contribution in [0.2, 0.25) is 5.02 Å². The number of nitrogens with zero attached hydrogens (tertiary/aromatic N) is 1. The van der Waals surface area contributed by atoms with Gasteiger partial charge >= 0.3 is 6.18 Å². The molecule has 0 spiro atoms. The van der Waals surface area contributed by atoms with Crippen molar-refractivity contribution in [1.82, 2.24) is 4.98 Å². The quantitative estimate of drug-likeness (QED) is 0.628. The van der Waals surface area contributed by atoms with Crippen molar-refractivity contribution in [2.75, 3.05) is 5.32 Å². The monoisotopic (exact) mass is 382 g/mol. The number of nitrogens with one attached hydrogen (secondary N) is 1. The molecule has 1 aromatic heterocycles. The van der Waals surface area contributed by atoms with Gasteiger partial charge in [0.2, 0.25) is 0 Å². The standard InChI is InChI=1S/C17H10ClF3N2OS/c18-13-6-4-10(5-7-13)15(24)23-16-22-14(9-25-16)11-2-1-3-12(8-11)17(19,20)21/h1-9H,(H,22,23,24). The fourth-order valence-electron chi connectivity index (χ4n) is 2.09. The number of carbonyl (C=O) groups is 1. The Balaban J connectivity index is 1.79. The lowest BCUT2D eigenvalue weighted by Gasteiger charge is -2.07. The summed E-state index contributed by atoms with van der Waals surface area (Å²) in [4.78, 5) is 16.3. The highest BCUT2D eigenvalue weighted by Crippen LogP contribution is 2.33. The zero-order valence-corrected chi connectivity index (χ0v) is 14.0. The lowest BCUT2D eigenvalue weighted by molar-refractivity contribution is -0.137. The molecule has 0 radical (unpaired) electrons. The Labute approximate surface area is 150 Å². The van der Waals surface area contributed by atoms with Crippen molar-refractivity contribution in [3.8, 4) is 11.3 Å². The van der Waals surface area contributed by atoms with E-state index in [0.717, 1.165) is 23.5 Å². The van der Waals surface area contributed by atoms with E-state index in [4.69, 9.17) is 11.6 Å². The predicted octanol–water partition coefficient (Wildman–Crippen LogP) is 5.73. The van der Waals surface area contributed by atoms with E-state index >= 15 is 0 Å². The maximum atomic E-state index is 12.8. The number of hydrogen-bond donors (Lipinski definition) is 1. The van der Waals surface area contributed by atoms with Crippen molar-refractivity contribution in [1.29, 1.82) is 0 Å². The third-order valence-corrected chi connectivity index (χ3v) is 4.33. The van der Waals surface area contributed by atoms with Gasteiger partial charge in [0.15, 0.2) is 5.13 Å². The second-order valence-corrected chi connectivity index (χ2v) is 6.37. The Morgan fingerprint density at radius 2 is 1.84 bits per heavy atom. The van der Waals surface area contributed by atoms with E-state index in [0.29, 0.717) is 27.0 Å². The summed E-state index contributed by atoms with van der Waals surface area (Å²) < 4.78 is 38.4. The molecule has 0 saturated carbocycles. The minimum atomic E-state index is -4.42. The second-order valence-electron chi connectivity index (χ2n) is 5.08. The van der Waals surface area contributed by atoms with Gasteiger partial charge in [-0.1, -0.05) is 23.7 Å². The minimum absolute atomic E-state index is 0.298. The first-order valence-corrected chi connectivity index (χ1v) is 8.29. The van der Waals surface area contributed by atoms with E-state index in [-0.39, 0.29) is 5.91 Å². The minimum Gasteiger partial charge on any atom is -0.298 e. The molecule has 0 aliphatic carbocycles. The van der Waals surface area contributed by atoms with Crippen molar-refractivity contribution in [2.24, 2.45) is 0 Å². The van der Waals surface area contributed by atoms with Crippen molar-refractivity contribution in [3.05, 3.63) is 70.1 Å². The molecule has 2 aromatic carbocycles. The highest BCUT2D eigenvalue weighted by Gasteiger charge is 2.30. The van der Waals surface area contributed by atoms with Gasteiger partial charge in [0.25, 0.3) is 5.91 Å². The Kier molecular flexibility index (Phi) is 4.78. The summed E-state index contributed by atoms with van der Waals surface area (Å²) in [6.45, 7) is 0. The van der Waals surface area contributed by atoms with Gasteiger partial charge < -0.3 is 0 Å². The van der Waals surface area contributed by atoms with Crippen LogP contribution >= 0.6 is 22.9 Å². The maximum Gasteiger partial charge on any atom is 0.416 e. The Morgan fingerprint density at radius 3 is 2.52 bits per heavy atom. The molecule has 1 amide bonds. The summed E-state index contributed by atoms with van der Waals surface area (Å²) in [6, 6.07) is 11.2. The van der Waals surface area contributed by atoms with Gasteiger partial charge in [-0.3, -0.25) is 10.1 Å². The zero-order chi connectivity index (χ0) is 18.0. The molecular weight excluding hydrogens is 373 g/mol. The topological polar surface area (TPSA) is 42.0 Å². The molecule has 1 N–H and O–H groups in total. The highest BCUT2D eigenvalue weighted by atomic mass is 35.5. The molecule has 0 atom stereocenters. The summed E-state index contributed by atoms with van der Waals surface area (Å²) >= 11 is 6.90. The van der Waals surface area contributed by atoms with Crippen LogP contribution in [0.1, 0.15) is 15.9 Å². The number of anilines is 1. The molecule has 8 heteroatoms. The summed E-state index contributed by atoms with van der Waals surface area (Å²) in [7, 11) is 0. The van der Waals surface area contributed by atoms with E-state index in [1.807, 2.05) is 0 Å². The largest absolute Gasteiger partial charge is 0.416 e. The van der Waals surface area contributed by atoms with Crippen molar-refractivity contribution >= 4 is 34.0 Å². The smallest absolute Gasteiger partial charge is 0.298 e. The van der Waals surface area contributed by atoms with Gasteiger partial charge in [0, 0.05) is 21.5 Å². The number of benzene rings is 2. The first-order chi connectivity index (χ1) is 11.8. The number of aromatic nitrogens is 1. The summed E-state index contributed by atoms with van der Waals surface area (Å²) in [6.07, 6.45) is -4.42. The lowest BCUT2D eigenvalue weighted by Crippen LogP contribution is -2.11. The molecular formula is C17H10ClF3N2OS. The third kappa shape index (κ3) is 4.18. The van der Waals surface area contributed by atoms with Gasteiger partial charge in [0.05, 0.1) is 11.3 Å². The van der Waals surface area contributed by atoms with E-state index in [9.17, 15) is 18.0 Å². The number of rotatable bonds is 3. The van der Waals surface area contributed by atoms with Gasteiger partial charge in [-0.2, -0.15) is 13.2 Å². The Bertz CT molecular complexity index is 907. The van der Waals surface area contributed by atoms with E-state index < -0.39 is 11.7 Å². The van der Waals surface area contributed by atoms with Crippen LogP contribution in [-0.4, -0.2) is 10.9 Å². The number of alkyl halides is 3. The number of amides is 1. The normalized spacial score (nSPS) is 11.4. The van der Waals surface area contributed by atoms with Crippen LogP contribution in [0.4, 0.5) is 18.3 Å². The molecule has 25 heavy (non-hydrogen) atoms. The van der Waals surface area contributed by atoms with E-state index in [2.05, 4.69) is 10.3 Å². The van der Waals surface area contributed by atoms with Gasteiger partial charge in [0.1, 0.15) is 0 Å². The summed E-state index contributed by atoms with van der Waals surface area (Å²) in [5.74, 6) is -0.374. The Hall–Kier alpha value is -2.38. The number of carbonyl (C=O) groups excluding carboxylic acids is 1. The molecule has 0 bridgehead atoms. The molecule has 0 aliphatic heterocycles. The van der Waals surface area contributed by atoms with Crippen LogP contribution in [0.5, 0.6) is 0 Å². The molecule has 1 heterocycles.